The van der Waals surface area contributed by atoms with Crippen molar-refractivity contribution in [3.63, 3.8) is 0 Å². The molecule has 2 atom stereocenters. The maximum absolute atomic E-state index is 9.71. The highest BCUT2D eigenvalue weighted by Crippen LogP contribution is 2.20. The summed E-state index contributed by atoms with van der Waals surface area (Å²) in [5.41, 5.74) is 6.44. The molecule has 12 heavy (non-hydrogen) atoms. The molecule has 0 fully saturated rings. The molecule has 1 aliphatic heterocycles. The van der Waals surface area contributed by atoms with Gasteiger partial charge in [-0.3, -0.25) is 0 Å². The molecule has 3 heteroatoms. The van der Waals surface area contributed by atoms with Crippen LogP contribution in [0.15, 0.2) is 11.8 Å². The summed E-state index contributed by atoms with van der Waals surface area (Å²) < 4.78 is 5.14. The molecule has 1 rings (SSSR count). The zero-order chi connectivity index (χ0) is 8.97. The van der Waals surface area contributed by atoms with Gasteiger partial charge in [0.2, 0.25) is 0 Å². The fourth-order valence-electron chi connectivity index (χ4n) is 1.30. The monoisotopic (exact) mass is 171 g/mol. The fourth-order valence-corrected chi connectivity index (χ4v) is 1.30. The van der Waals surface area contributed by atoms with Crippen LogP contribution in [-0.2, 0) is 4.74 Å². The first-order chi connectivity index (χ1) is 5.75. The van der Waals surface area contributed by atoms with Crippen molar-refractivity contribution < 1.29 is 9.84 Å². The molecule has 0 saturated carbocycles. The maximum Gasteiger partial charge on any atom is 0.0876 e. The van der Waals surface area contributed by atoms with Crippen molar-refractivity contribution in [1.82, 2.24) is 0 Å². The first kappa shape index (κ1) is 9.55. The van der Waals surface area contributed by atoms with Gasteiger partial charge in [-0.1, -0.05) is 6.92 Å². The zero-order valence-electron chi connectivity index (χ0n) is 7.49. The van der Waals surface area contributed by atoms with Gasteiger partial charge >= 0.3 is 0 Å². The summed E-state index contributed by atoms with van der Waals surface area (Å²) in [6.45, 7) is 3.23. The minimum absolute atomic E-state index is 0.123. The van der Waals surface area contributed by atoms with Crippen LogP contribution in [0.25, 0.3) is 0 Å². The van der Waals surface area contributed by atoms with Crippen molar-refractivity contribution in [2.45, 2.75) is 25.9 Å². The van der Waals surface area contributed by atoms with Crippen LogP contribution in [0, 0.1) is 5.92 Å². The van der Waals surface area contributed by atoms with Gasteiger partial charge in [-0.05, 0) is 30.9 Å². The quantitative estimate of drug-likeness (QED) is 0.655. The van der Waals surface area contributed by atoms with Crippen molar-refractivity contribution in [3.05, 3.63) is 11.8 Å². The molecular weight excluding hydrogens is 154 g/mol. The van der Waals surface area contributed by atoms with Crippen LogP contribution in [-0.4, -0.2) is 24.4 Å². The normalized spacial score (nSPS) is 22.4. The van der Waals surface area contributed by atoms with Crippen molar-refractivity contribution in [1.29, 1.82) is 0 Å². The van der Waals surface area contributed by atoms with Gasteiger partial charge in [-0.25, -0.2) is 0 Å². The largest absolute Gasteiger partial charge is 0.501 e. The molecule has 0 bridgehead atoms. The van der Waals surface area contributed by atoms with Gasteiger partial charge in [0.05, 0.1) is 19.0 Å². The van der Waals surface area contributed by atoms with Gasteiger partial charge in [-0.15, -0.1) is 0 Å². The van der Waals surface area contributed by atoms with Crippen LogP contribution in [0.1, 0.15) is 19.8 Å². The minimum Gasteiger partial charge on any atom is -0.501 e. The number of aliphatic hydroxyl groups is 1. The van der Waals surface area contributed by atoms with E-state index >= 15 is 0 Å². The van der Waals surface area contributed by atoms with E-state index in [0.717, 1.165) is 25.0 Å². The van der Waals surface area contributed by atoms with E-state index in [1.807, 2.05) is 6.92 Å². The third-order valence-electron chi connectivity index (χ3n) is 2.25. The summed E-state index contributed by atoms with van der Waals surface area (Å²) in [6, 6.07) is 0. The molecule has 0 aromatic rings. The standard InChI is InChI=1S/C9H17NO2/c1-7(5-10)9(11)8-3-2-4-12-6-8/h6-7,9,11H,2-5,10H2,1H3. The molecule has 2 unspecified atom stereocenters. The average molecular weight is 171 g/mol. The molecule has 3 N–H and O–H groups in total. The Hall–Kier alpha value is -0.540. The fraction of sp³-hybridized carbons (Fsp3) is 0.778. The van der Waals surface area contributed by atoms with Crippen LogP contribution in [0.5, 0.6) is 0 Å². The summed E-state index contributed by atoms with van der Waals surface area (Å²) in [5.74, 6) is 0.123. The predicted molar refractivity (Wildman–Crippen MR) is 47.5 cm³/mol. The van der Waals surface area contributed by atoms with Crippen LogP contribution >= 0.6 is 0 Å². The van der Waals surface area contributed by atoms with E-state index in [0.29, 0.717) is 6.54 Å². The lowest BCUT2D eigenvalue weighted by Gasteiger charge is -2.22. The highest BCUT2D eigenvalue weighted by atomic mass is 16.5. The van der Waals surface area contributed by atoms with Crippen molar-refractivity contribution >= 4 is 0 Å². The van der Waals surface area contributed by atoms with E-state index in [2.05, 4.69) is 0 Å². The lowest BCUT2D eigenvalue weighted by molar-refractivity contribution is 0.130. The number of hydrogen-bond acceptors (Lipinski definition) is 3. The lowest BCUT2D eigenvalue weighted by atomic mass is 9.94. The summed E-state index contributed by atoms with van der Waals surface area (Å²) >= 11 is 0. The summed E-state index contributed by atoms with van der Waals surface area (Å²) in [4.78, 5) is 0. The van der Waals surface area contributed by atoms with Crippen LogP contribution in [0.3, 0.4) is 0 Å². The molecule has 0 spiro atoms. The van der Waals surface area contributed by atoms with Gasteiger partial charge in [0, 0.05) is 0 Å². The first-order valence-corrected chi connectivity index (χ1v) is 4.44. The Morgan fingerprint density at radius 1 is 1.75 bits per heavy atom. The number of aliphatic hydroxyl groups excluding tert-OH is 1. The molecule has 0 aromatic heterocycles. The molecule has 0 aromatic carbocycles. The molecule has 0 aliphatic carbocycles. The molecule has 0 radical (unpaired) electrons. The van der Waals surface area contributed by atoms with Crippen molar-refractivity contribution in [3.8, 4) is 0 Å². The molecule has 1 heterocycles. The lowest BCUT2D eigenvalue weighted by Crippen LogP contribution is -2.28. The summed E-state index contributed by atoms with van der Waals surface area (Å²) in [6.07, 6.45) is 3.20. The smallest absolute Gasteiger partial charge is 0.0876 e. The van der Waals surface area contributed by atoms with Gasteiger partial charge in [-0.2, -0.15) is 0 Å². The Balaban J connectivity index is 2.49. The predicted octanol–water partition coefficient (Wildman–Crippen LogP) is 0.636. The number of hydrogen-bond donors (Lipinski definition) is 2. The number of ether oxygens (including phenoxy) is 1. The Morgan fingerprint density at radius 2 is 2.50 bits per heavy atom. The van der Waals surface area contributed by atoms with Gasteiger partial charge < -0.3 is 15.6 Å². The molecule has 0 amide bonds. The van der Waals surface area contributed by atoms with E-state index in [-0.39, 0.29) is 5.92 Å². The van der Waals surface area contributed by atoms with Crippen LogP contribution in [0.2, 0.25) is 0 Å². The van der Waals surface area contributed by atoms with E-state index in [1.165, 1.54) is 0 Å². The zero-order valence-corrected chi connectivity index (χ0v) is 7.49. The van der Waals surface area contributed by atoms with E-state index in [9.17, 15) is 5.11 Å². The third-order valence-corrected chi connectivity index (χ3v) is 2.25. The highest BCUT2D eigenvalue weighted by molar-refractivity contribution is 5.08. The van der Waals surface area contributed by atoms with E-state index < -0.39 is 6.10 Å². The highest BCUT2D eigenvalue weighted by Gasteiger charge is 2.19. The Bertz CT molecular complexity index is 168. The maximum atomic E-state index is 9.71. The SMILES string of the molecule is CC(CN)C(O)C1=COCCC1. The average Bonchev–Trinajstić information content (AvgIpc) is 2.17. The second-order valence-electron chi connectivity index (χ2n) is 3.32. The Morgan fingerprint density at radius 3 is 3.00 bits per heavy atom. The molecule has 70 valence electrons. The van der Waals surface area contributed by atoms with Crippen LogP contribution < -0.4 is 5.73 Å². The topological polar surface area (TPSA) is 55.5 Å². The van der Waals surface area contributed by atoms with Gasteiger partial charge in [0.25, 0.3) is 0 Å². The van der Waals surface area contributed by atoms with E-state index in [1.54, 1.807) is 6.26 Å². The van der Waals surface area contributed by atoms with Gasteiger partial charge in [0.15, 0.2) is 0 Å². The molecule has 3 nitrogen and oxygen atoms in total. The second-order valence-corrected chi connectivity index (χ2v) is 3.32. The summed E-state index contributed by atoms with van der Waals surface area (Å²) in [5, 5.41) is 9.71. The van der Waals surface area contributed by atoms with Crippen LogP contribution in [0.4, 0.5) is 0 Å². The number of nitrogens with two attached hydrogens (primary N) is 1. The van der Waals surface area contributed by atoms with Crippen molar-refractivity contribution in [2.24, 2.45) is 11.7 Å². The Kier molecular flexibility index (Phi) is 3.56. The third kappa shape index (κ3) is 2.22. The molecule has 0 saturated heterocycles. The second kappa shape index (κ2) is 4.48. The Labute approximate surface area is 73.2 Å². The minimum atomic E-state index is -0.421. The summed E-state index contributed by atoms with van der Waals surface area (Å²) in [7, 11) is 0. The molecular formula is C9H17NO2. The number of rotatable bonds is 3. The molecule has 1 aliphatic rings. The van der Waals surface area contributed by atoms with E-state index in [4.69, 9.17) is 10.5 Å². The first-order valence-electron chi connectivity index (χ1n) is 4.44. The van der Waals surface area contributed by atoms with Crippen molar-refractivity contribution in [2.75, 3.05) is 13.2 Å². The van der Waals surface area contributed by atoms with Gasteiger partial charge in [0.1, 0.15) is 0 Å².